The van der Waals surface area contributed by atoms with Crippen molar-refractivity contribution in [3.05, 3.63) is 52.2 Å². The van der Waals surface area contributed by atoms with Gasteiger partial charge in [0, 0.05) is 23.4 Å². The Morgan fingerprint density at radius 3 is 3.14 bits per heavy atom. The van der Waals surface area contributed by atoms with E-state index in [1.165, 1.54) is 11.2 Å². The lowest BCUT2D eigenvalue weighted by molar-refractivity contribution is 0.184. The van der Waals surface area contributed by atoms with Crippen LogP contribution in [-0.2, 0) is 11.3 Å². The fraction of sp³-hybridized carbons (Fsp3) is 0.333. The molecule has 0 N–H and O–H groups in total. The Morgan fingerprint density at radius 1 is 1.55 bits per heavy atom. The van der Waals surface area contributed by atoms with Crippen LogP contribution in [0, 0.1) is 18.3 Å². The molecule has 2 aromatic heterocycles. The molecule has 2 aromatic rings. The molecule has 0 spiro atoms. The van der Waals surface area contributed by atoms with Crippen molar-refractivity contribution in [2.75, 3.05) is 6.61 Å². The molecule has 0 saturated carbocycles. The summed E-state index contributed by atoms with van der Waals surface area (Å²) in [7, 11) is 0. The molecule has 3 rings (SSSR count). The molecule has 1 aliphatic carbocycles. The lowest BCUT2D eigenvalue weighted by Gasteiger charge is -2.18. The smallest absolute Gasteiger partial charge is 0.137 e. The van der Waals surface area contributed by atoms with E-state index < -0.39 is 0 Å². The van der Waals surface area contributed by atoms with E-state index in [0.717, 1.165) is 17.2 Å². The number of hydrogen-bond donors (Lipinski definition) is 0. The molecular weight excluding hydrogens is 298 g/mol. The number of thiazole rings is 1. The summed E-state index contributed by atoms with van der Waals surface area (Å²) in [6.45, 7) is 3.16. The molecule has 0 aromatic carbocycles. The Hall–Kier alpha value is -2.46. The van der Waals surface area contributed by atoms with E-state index in [1.54, 1.807) is 28.4 Å². The minimum Gasteiger partial charge on any atom is -0.496 e. The summed E-state index contributed by atoms with van der Waals surface area (Å²) in [4.78, 5) is 9.48. The van der Waals surface area contributed by atoms with Crippen molar-refractivity contribution >= 4 is 11.3 Å². The van der Waals surface area contributed by atoms with Crippen LogP contribution >= 0.6 is 11.3 Å². The molecule has 0 radical (unpaired) electrons. The number of aryl methyl sites for hydroxylation is 1. The zero-order chi connectivity index (χ0) is 15.4. The average molecular weight is 313 g/mol. The molecule has 1 aliphatic rings. The van der Waals surface area contributed by atoms with E-state index in [4.69, 9.17) is 4.74 Å². The highest BCUT2D eigenvalue weighted by molar-refractivity contribution is 7.11. The van der Waals surface area contributed by atoms with Gasteiger partial charge in [0.05, 0.1) is 23.9 Å². The highest BCUT2D eigenvalue weighted by Crippen LogP contribution is 2.33. The normalized spacial score (nSPS) is 17.5. The SMILES string of the molecule is Cc1cnc(C2C=C(C#N)C=C(OCCn3cncn3)C2)s1. The van der Waals surface area contributed by atoms with Gasteiger partial charge >= 0.3 is 0 Å². The fourth-order valence-corrected chi connectivity index (χ4v) is 3.11. The minimum atomic E-state index is 0.111. The molecule has 112 valence electrons. The number of aromatic nitrogens is 4. The van der Waals surface area contributed by atoms with E-state index >= 15 is 0 Å². The van der Waals surface area contributed by atoms with Crippen molar-refractivity contribution in [2.45, 2.75) is 25.8 Å². The number of nitrogens with zero attached hydrogens (tertiary/aromatic N) is 5. The number of ether oxygens (including phenoxy) is 1. The summed E-state index contributed by atoms with van der Waals surface area (Å²) in [5, 5.41) is 14.2. The summed E-state index contributed by atoms with van der Waals surface area (Å²) < 4.78 is 7.52. The Labute approximate surface area is 132 Å². The summed E-state index contributed by atoms with van der Waals surface area (Å²) in [5.74, 6) is 0.928. The van der Waals surface area contributed by atoms with Crippen molar-refractivity contribution in [2.24, 2.45) is 0 Å². The number of allylic oxidation sites excluding steroid dienone is 4. The predicted molar refractivity (Wildman–Crippen MR) is 82.0 cm³/mol. The maximum Gasteiger partial charge on any atom is 0.137 e. The molecule has 1 unspecified atom stereocenters. The average Bonchev–Trinajstić information content (AvgIpc) is 3.18. The van der Waals surface area contributed by atoms with Crippen LogP contribution in [0.4, 0.5) is 0 Å². The van der Waals surface area contributed by atoms with Crippen molar-refractivity contribution in [1.29, 1.82) is 5.26 Å². The molecular formula is C15H15N5OS. The van der Waals surface area contributed by atoms with Gasteiger partial charge in [-0.1, -0.05) is 6.08 Å². The van der Waals surface area contributed by atoms with Gasteiger partial charge in [0.2, 0.25) is 0 Å². The molecule has 1 atom stereocenters. The first-order valence-corrected chi connectivity index (χ1v) is 7.76. The lowest BCUT2D eigenvalue weighted by Crippen LogP contribution is -2.10. The molecule has 22 heavy (non-hydrogen) atoms. The summed E-state index contributed by atoms with van der Waals surface area (Å²) in [5.41, 5.74) is 0.625. The molecule has 7 heteroatoms. The third-order valence-corrected chi connectivity index (χ3v) is 4.32. The van der Waals surface area contributed by atoms with Gasteiger partial charge in [-0.25, -0.2) is 14.6 Å². The molecule has 0 aliphatic heterocycles. The van der Waals surface area contributed by atoms with E-state index in [1.807, 2.05) is 19.2 Å². The fourth-order valence-electron chi connectivity index (χ4n) is 2.26. The van der Waals surface area contributed by atoms with Gasteiger partial charge in [-0.3, -0.25) is 0 Å². The first-order chi connectivity index (χ1) is 10.7. The Balaban J connectivity index is 1.65. The zero-order valence-corrected chi connectivity index (χ0v) is 13.0. The predicted octanol–water partition coefficient (Wildman–Crippen LogP) is 2.58. The van der Waals surface area contributed by atoms with Gasteiger partial charge in [0.15, 0.2) is 0 Å². The molecule has 0 amide bonds. The third kappa shape index (κ3) is 3.40. The van der Waals surface area contributed by atoms with Crippen LogP contribution in [0.25, 0.3) is 0 Å². The molecule has 0 fully saturated rings. The van der Waals surface area contributed by atoms with Gasteiger partial charge < -0.3 is 4.74 Å². The van der Waals surface area contributed by atoms with Gasteiger partial charge in [-0.2, -0.15) is 10.4 Å². The zero-order valence-electron chi connectivity index (χ0n) is 12.1. The van der Waals surface area contributed by atoms with Gasteiger partial charge in [-0.05, 0) is 13.0 Å². The summed E-state index contributed by atoms with van der Waals surface area (Å²) in [6, 6.07) is 2.20. The van der Waals surface area contributed by atoms with E-state index in [9.17, 15) is 5.26 Å². The largest absolute Gasteiger partial charge is 0.496 e. The van der Waals surface area contributed by atoms with Crippen LogP contribution in [0.2, 0.25) is 0 Å². The third-order valence-electron chi connectivity index (χ3n) is 3.28. The van der Waals surface area contributed by atoms with E-state index in [-0.39, 0.29) is 5.92 Å². The number of hydrogen-bond acceptors (Lipinski definition) is 6. The van der Waals surface area contributed by atoms with Crippen LogP contribution in [0.5, 0.6) is 0 Å². The van der Waals surface area contributed by atoms with Crippen LogP contribution < -0.4 is 0 Å². The first-order valence-electron chi connectivity index (χ1n) is 6.94. The highest BCUT2D eigenvalue weighted by atomic mass is 32.1. The van der Waals surface area contributed by atoms with Crippen LogP contribution in [-0.4, -0.2) is 26.4 Å². The molecule has 2 heterocycles. The van der Waals surface area contributed by atoms with Crippen molar-refractivity contribution in [1.82, 2.24) is 19.7 Å². The number of nitriles is 1. The summed E-state index contributed by atoms with van der Waals surface area (Å²) >= 11 is 1.66. The van der Waals surface area contributed by atoms with Crippen molar-refractivity contribution < 1.29 is 4.74 Å². The molecule has 0 bridgehead atoms. The lowest BCUT2D eigenvalue weighted by atomic mass is 9.96. The van der Waals surface area contributed by atoms with Gasteiger partial charge in [0.1, 0.15) is 24.3 Å². The Morgan fingerprint density at radius 2 is 2.45 bits per heavy atom. The maximum atomic E-state index is 9.20. The van der Waals surface area contributed by atoms with Crippen LogP contribution in [0.3, 0.4) is 0 Å². The quantitative estimate of drug-likeness (QED) is 0.848. The second-order valence-corrected chi connectivity index (χ2v) is 6.24. The Bertz CT molecular complexity index is 738. The summed E-state index contributed by atoms with van der Waals surface area (Å²) in [6.07, 6.45) is 9.51. The van der Waals surface area contributed by atoms with Gasteiger partial charge in [0.25, 0.3) is 0 Å². The molecule has 6 nitrogen and oxygen atoms in total. The monoisotopic (exact) mass is 313 g/mol. The topological polar surface area (TPSA) is 76.6 Å². The van der Waals surface area contributed by atoms with Crippen LogP contribution in [0.1, 0.15) is 22.2 Å². The second-order valence-electron chi connectivity index (χ2n) is 4.97. The van der Waals surface area contributed by atoms with Crippen molar-refractivity contribution in [3.8, 4) is 6.07 Å². The Kier molecular flexibility index (Phi) is 4.30. The van der Waals surface area contributed by atoms with E-state index in [2.05, 4.69) is 21.1 Å². The maximum absolute atomic E-state index is 9.20. The standard InChI is InChI=1S/C15H15N5OS/c1-11-8-18-15(22-11)13-4-12(7-16)5-14(6-13)21-3-2-20-10-17-9-19-20/h4-5,8-10,13H,2-3,6H2,1H3. The van der Waals surface area contributed by atoms with E-state index in [0.29, 0.717) is 18.7 Å². The van der Waals surface area contributed by atoms with Crippen LogP contribution in [0.15, 0.2) is 42.3 Å². The second kappa shape index (κ2) is 6.54. The van der Waals surface area contributed by atoms with Gasteiger partial charge in [-0.15, -0.1) is 11.3 Å². The first kappa shape index (κ1) is 14.5. The highest BCUT2D eigenvalue weighted by Gasteiger charge is 2.20. The number of rotatable bonds is 5. The molecule has 0 saturated heterocycles. The van der Waals surface area contributed by atoms with Crippen molar-refractivity contribution in [3.63, 3.8) is 0 Å². The minimum absolute atomic E-state index is 0.111.